The van der Waals surface area contributed by atoms with Crippen LogP contribution < -0.4 is 21.3 Å². The van der Waals surface area contributed by atoms with E-state index in [2.05, 4.69) is 21.3 Å². The van der Waals surface area contributed by atoms with Crippen molar-refractivity contribution in [2.45, 2.75) is 44.4 Å². The van der Waals surface area contributed by atoms with Gasteiger partial charge in [-0.2, -0.15) is 13.2 Å². The number of carbonyl (C=O) groups excluding carboxylic acids is 3. The van der Waals surface area contributed by atoms with Crippen molar-refractivity contribution in [3.63, 3.8) is 0 Å². The molecule has 11 nitrogen and oxygen atoms in total. The number of carbonyl (C=O) groups is 5. The van der Waals surface area contributed by atoms with Crippen LogP contribution in [0, 0.1) is 0 Å². The number of hydrogen-bond acceptors (Lipinski definition) is 5. The molecule has 1 unspecified atom stereocenters. The summed E-state index contributed by atoms with van der Waals surface area (Å²) < 4.78 is 31.7. The average molecular weight is 714 g/mol. The van der Waals surface area contributed by atoms with Crippen LogP contribution in [0.1, 0.15) is 42.9 Å². The van der Waals surface area contributed by atoms with Gasteiger partial charge in [-0.15, -0.1) is 0 Å². The van der Waals surface area contributed by atoms with Gasteiger partial charge in [-0.1, -0.05) is 83.9 Å². The molecular formula is C32H33Cl2F3N4O7. The molecule has 0 saturated heterocycles. The maximum Gasteiger partial charge on any atom is 0.490 e. The molecule has 3 aromatic carbocycles. The van der Waals surface area contributed by atoms with Gasteiger partial charge in [0.15, 0.2) is 0 Å². The second-order valence-corrected chi connectivity index (χ2v) is 10.9. The van der Waals surface area contributed by atoms with E-state index < -0.39 is 30.1 Å². The van der Waals surface area contributed by atoms with Crippen LogP contribution >= 0.6 is 23.2 Å². The van der Waals surface area contributed by atoms with Gasteiger partial charge in [-0.25, -0.2) is 9.59 Å². The molecule has 16 heteroatoms. The van der Waals surface area contributed by atoms with Crippen LogP contribution in [-0.2, 0) is 25.7 Å². The Morgan fingerprint density at radius 3 is 1.96 bits per heavy atom. The number of alkyl halides is 3. The second kappa shape index (κ2) is 19.8. The first-order valence-electron chi connectivity index (χ1n) is 14.3. The minimum Gasteiger partial charge on any atom is -0.481 e. The van der Waals surface area contributed by atoms with E-state index in [-0.39, 0.29) is 31.3 Å². The lowest BCUT2D eigenvalue weighted by molar-refractivity contribution is -0.192. The summed E-state index contributed by atoms with van der Waals surface area (Å²) in [6.07, 6.45) is -4.12. The molecule has 48 heavy (non-hydrogen) atoms. The highest BCUT2D eigenvalue weighted by Crippen LogP contribution is 2.24. The summed E-state index contributed by atoms with van der Waals surface area (Å²) in [5.74, 6) is -4.61. The van der Waals surface area contributed by atoms with Crippen LogP contribution in [0.5, 0.6) is 0 Å². The van der Waals surface area contributed by atoms with E-state index in [0.29, 0.717) is 41.5 Å². The van der Waals surface area contributed by atoms with E-state index in [9.17, 15) is 37.5 Å². The van der Waals surface area contributed by atoms with E-state index >= 15 is 0 Å². The van der Waals surface area contributed by atoms with Gasteiger partial charge in [-0.3, -0.25) is 14.4 Å². The molecule has 3 aromatic rings. The number of aliphatic carboxylic acids is 2. The zero-order chi connectivity index (χ0) is 35.7. The van der Waals surface area contributed by atoms with Gasteiger partial charge < -0.3 is 31.5 Å². The molecule has 3 rings (SSSR count). The fourth-order valence-corrected chi connectivity index (χ4v) is 4.31. The molecule has 0 aliphatic rings. The largest absolute Gasteiger partial charge is 0.490 e. The number of halogens is 5. The zero-order valence-corrected chi connectivity index (χ0v) is 26.8. The lowest BCUT2D eigenvalue weighted by Crippen LogP contribution is -2.39. The Balaban J connectivity index is 0.00000103. The maximum atomic E-state index is 12.5. The molecule has 258 valence electrons. The molecule has 0 aliphatic carbocycles. The summed E-state index contributed by atoms with van der Waals surface area (Å²) in [5, 5.41) is 28.0. The van der Waals surface area contributed by atoms with Gasteiger partial charge >= 0.3 is 24.1 Å². The van der Waals surface area contributed by atoms with Crippen molar-refractivity contribution in [3.8, 4) is 11.1 Å². The Kier molecular flexibility index (Phi) is 16.2. The minimum absolute atomic E-state index is 0.180. The molecular weight excluding hydrogens is 680 g/mol. The summed E-state index contributed by atoms with van der Waals surface area (Å²) in [6.45, 7) is 0.396. The number of nitrogens with one attached hydrogen (secondary N) is 4. The first kappa shape index (κ1) is 39.4. The Hall–Kier alpha value is -4.82. The number of hydrogen-bond donors (Lipinski definition) is 6. The van der Waals surface area contributed by atoms with Crippen LogP contribution in [0.2, 0.25) is 10.0 Å². The van der Waals surface area contributed by atoms with Crippen molar-refractivity contribution >= 4 is 53.0 Å². The zero-order valence-electron chi connectivity index (χ0n) is 25.3. The van der Waals surface area contributed by atoms with Crippen LogP contribution in [0.4, 0.5) is 18.0 Å². The highest BCUT2D eigenvalue weighted by molar-refractivity contribution is 6.42. The Labute approximate surface area is 283 Å². The fourth-order valence-electron chi connectivity index (χ4n) is 3.98. The normalized spacial score (nSPS) is 11.3. The summed E-state index contributed by atoms with van der Waals surface area (Å²) in [4.78, 5) is 56.9. The Morgan fingerprint density at radius 2 is 1.38 bits per heavy atom. The molecule has 0 aromatic heterocycles. The molecule has 0 radical (unpaired) electrons. The summed E-state index contributed by atoms with van der Waals surface area (Å²) in [5.41, 5.74) is 3.46. The van der Waals surface area contributed by atoms with E-state index in [1.165, 1.54) is 0 Å². The number of amides is 4. The molecule has 0 saturated carbocycles. The van der Waals surface area contributed by atoms with E-state index in [1.807, 2.05) is 42.5 Å². The average Bonchev–Trinajstić information content (AvgIpc) is 3.04. The number of urea groups is 1. The fraction of sp³-hybridized carbons (Fsp3) is 0.281. The smallest absolute Gasteiger partial charge is 0.481 e. The number of carboxylic acid groups (broad SMARTS) is 2. The van der Waals surface area contributed by atoms with Crippen molar-refractivity contribution in [2.24, 2.45) is 0 Å². The highest BCUT2D eigenvalue weighted by Gasteiger charge is 2.38. The van der Waals surface area contributed by atoms with Crippen LogP contribution in [0.3, 0.4) is 0 Å². The summed E-state index contributed by atoms with van der Waals surface area (Å²) in [6, 6.07) is 21.1. The number of rotatable bonds is 14. The quantitative estimate of drug-likeness (QED) is 0.116. The third kappa shape index (κ3) is 15.2. The van der Waals surface area contributed by atoms with Gasteiger partial charge in [0.05, 0.1) is 29.1 Å². The van der Waals surface area contributed by atoms with Crippen molar-refractivity contribution < 1.29 is 47.4 Å². The van der Waals surface area contributed by atoms with Crippen molar-refractivity contribution in [2.75, 3.05) is 13.1 Å². The lowest BCUT2D eigenvalue weighted by atomic mass is 9.99. The van der Waals surface area contributed by atoms with E-state index in [1.54, 1.807) is 30.3 Å². The van der Waals surface area contributed by atoms with E-state index in [0.717, 1.165) is 16.7 Å². The van der Waals surface area contributed by atoms with Crippen LogP contribution in [0.25, 0.3) is 11.1 Å². The third-order valence-corrected chi connectivity index (χ3v) is 7.12. The molecule has 0 spiro atoms. The predicted octanol–water partition coefficient (Wildman–Crippen LogP) is 5.71. The van der Waals surface area contributed by atoms with Gasteiger partial charge in [0, 0.05) is 19.5 Å². The summed E-state index contributed by atoms with van der Waals surface area (Å²) in [7, 11) is 0. The van der Waals surface area contributed by atoms with E-state index in [4.69, 9.17) is 33.1 Å². The minimum atomic E-state index is -5.08. The van der Waals surface area contributed by atoms with Gasteiger partial charge in [0.25, 0.3) is 0 Å². The predicted molar refractivity (Wildman–Crippen MR) is 172 cm³/mol. The monoisotopic (exact) mass is 712 g/mol. The third-order valence-electron chi connectivity index (χ3n) is 6.38. The topological polar surface area (TPSA) is 174 Å². The molecule has 0 aliphatic heterocycles. The highest BCUT2D eigenvalue weighted by atomic mass is 35.5. The van der Waals surface area contributed by atoms with Crippen LogP contribution in [-0.4, -0.2) is 59.3 Å². The Bertz CT molecular complexity index is 1540. The molecule has 0 bridgehead atoms. The number of benzene rings is 3. The SMILES string of the molecule is O=C(O)C(F)(F)F.O=C(O)CC(NC(=O)CNC(=O)CCCCNC(=O)NCc1ccc(Cl)c(Cl)c1)c1ccc(-c2ccccc2)cc1. The molecule has 0 fully saturated rings. The Morgan fingerprint density at radius 1 is 0.750 bits per heavy atom. The molecule has 0 heterocycles. The standard InChI is InChI=1S/C30H32Cl2N4O5.C2HF3O2/c31-24-14-9-20(16-25(24)32)18-35-30(41)33-15-5-4-8-27(37)34-19-28(38)36-26(17-29(39)40)23-12-10-22(11-13-23)21-6-2-1-3-7-21;3-2(4,5)1(6)7/h1-3,6-7,9-14,16,26H,4-5,8,15,17-19H2,(H,34,37)(H,36,38)(H,39,40)(H2,33,35,41);(H,6,7). The molecule has 1 atom stereocenters. The number of unbranched alkanes of at least 4 members (excludes halogenated alkanes) is 1. The van der Waals surface area contributed by atoms with Crippen LogP contribution in [0.15, 0.2) is 72.8 Å². The molecule has 4 amide bonds. The summed E-state index contributed by atoms with van der Waals surface area (Å²) >= 11 is 11.8. The first-order valence-corrected chi connectivity index (χ1v) is 15.1. The molecule has 6 N–H and O–H groups in total. The second-order valence-electron chi connectivity index (χ2n) is 10.1. The van der Waals surface area contributed by atoms with Gasteiger partial charge in [0.2, 0.25) is 11.8 Å². The van der Waals surface area contributed by atoms with Gasteiger partial charge in [0.1, 0.15) is 0 Å². The maximum absolute atomic E-state index is 12.5. The number of carboxylic acids is 2. The van der Waals surface area contributed by atoms with Crippen molar-refractivity contribution in [1.82, 2.24) is 21.3 Å². The first-order chi connectivity index (χ1) is 22.6. The van der Waals surface area contributed by atoms with Crippen molar-refractivity contribution in [3.05, 3.63) is 94.0 Å². The van der Waals surface area contributed by atoms with Crippen molar-refractivity contribution in [1.29, 1.82) is 0 Å². The van der Waals surface area contributed by atoms with Gasteiger partial charge in [-0.05, 0) is 47.2 Å². The lowest BCUT2D eigenvalue weighted by Gasteiger charge is -2.18.